The van der Waals surface area contributed by atoms with E-state index in [-0.39, 0.29) is 11.3 Å². The normalized spacial score (nSPS) is 25.2. The number of carbonyl (C=O) groups is 2. The fourth-order valence-corrected chi connectivity index (χ4v) is 1.78. The number of nitrogens with zero attached hydrogens (tertiary/aromatic N) is 2. The summed E-state index contributed by atoms with van der Waals surface area (Å²) in [7, 11) is 0. The maximum atomic E-state index is 11.3. The van der Waals surface area contributed by atoms with E-state index in [9.17, 15) is 24.3 Å². The molecule has 0 bridgehead atoms. The molecule has 2 N–H and O–H groups in total. The number of aliphatic imine (C=N–C) groups is 2. The van der Waals surface area contributed by atoms with E-state index in [1.165, 1.54) is 13.0 Å². The van der Waals surface area contributed by atoms with Crippen molar-refractivity contribution >= 4 is 24.1 Å². The predicted molar refractivity (Wildman–Crippen MR) is 59.6 cm³/mol. The summed E-state index contributed by atoms with van der Waals surface area (Å²) in [5, 5.41) is 18.2. The first-order valence-electron chi connectivity index (χ1n) is 4.97. The Bertz CT molecular complexity index is 588. The number of rotatable bonds is 4. The van der Waals surface area contributed by atoms with Gasteiger partial charge in [-0.25, -0.2) is 19.2 Å². The first-order valence-corrected chi connectivity index (χ1v) is 4.97. The second-order valence-electron chi connectivity index (χ2n) is 3.73. The van der Waals surface area contributed by atoms with Crippen LogP contribution in [0.5, 0.6) is 0 Å². The average molecular weight is 264 g/mol. The zero-order chi connectivity index (χ0) is 14.6. The smallest absolute Gasteiger partial charge is 0.337 e. The Balaban J connectivity index is 3.60. The Morgan fingerprint density at radius 1 is 1.32 bits per heavy atom. The van der Waals surface area contributed by atoms with E-state index < -0.39 is 23.4 Å². The van der Waals surface area contributed by atoms with Gasteiger partial charge < -0.3 is 10.2 Å². The molecule has 2 unspecified atom stereocenters. The molecule has 0 aromatic rings. The molecule has 8 heteroatoms. The van der Waals surface area contributed by atoms with Gasteiger partial charge in [-0.15, -0.1) is 0 Å². The standard InChI is InChI=1S/C11H8N2O6/c1-6-8(9(16)17)2-7(12-4-14)3-11(6,10(18)19)13-5-15/h2-3,6H,1H3,(H,16,17)(H,18,19). The molecule has 0 saturated carbocycles. The summed E-state index contributed by atoms with van der Waals surface area (Å²) in [6.45, 7) is 1.28. The van der Waals surface area contributed by atoms with E-state index in [4.69, 9.17) is 5.11 Å². The number of isocyanates is 2. The largest absolute Gasteiger partial charge is 0.479 e. The molecule has 0 radical (unpaired) electrons. The van der Waals surface area contributed by atoms with Crippen molar-refractivity contribution in [2.75, 3.05) is 0 Å². The van der Waals surface area contributed by atoms with E-state index >= 15 is 0 Å². The van der Waals surface area contributed by atoms with Crippen LogP contribution in [0.2, 0.25) is 0 Å². The lowest BCUT2D eigenvalue weighted by atomic mass is 9.76. The Hall–Kier alpha value is -2.82. The number of hydrogen-bond acceptors (Lipinski definition) is 6. The zero-order valence-electron chi connectivity index (χ0n) is 9.65. The summed E-state index contributed by atoms with van der Waals surface area (Å²) >= 11 is 0. The van der Waals surface area contributed by atoms with Gasteiger partial charge in [-0.1, -0.05) is 6.92 Å². The van der Waals surface area contributed by atoms with Crippen LogP contribution in [-0.4, -0.2) is 39.9 Å². The molecule has 0 spiro atoms. The number of carboxylic acids is 2. The second kappa shape index (κ2) is 5.22. The van der Waals surface area contributed by atoms with Crippen LogP contribution in [-0.2, 0) is 19.2 Å². The van der Waals surface area contributed by atoms with Gasteiger partial charge in [0.05, 0.1) is 5.70 Å². The van der Waals surface area contributed by atoms with Gasteiger partial charge >= 0.3 is 11.9 Å². The maximum absolute atomic E-state index is 11.3. The van der Waals surface area contributed by atoms with Gasteiger partial charge in [-0.05, 0) is 12.2 Å². The van der Waals surface area contributed by atoms with Gasteiger partial charge in [0.1, 0.15) is 0 Å². The van der Waals surface area contributed by atoms with Gasteiger partial charge in [-0.3, -0.25) is 0 Å². The highest BCUT2D eigenvalue weighted by Crippen LogP contribution is 2.36. The molecule has 1 rings (SSSR count). The van der Waals surface area contributed by atoms with Crippen LogP contribution in [0.15, 0.2) is 33.4 Å². The van der Waals surface area contributed by atoms with E-state index in [0.717, 1.165) is 18.2 Å². The molecule has 0 amide bonds. The molecule has 19 heavy (non-hydrogen) atoms. The summed E-state index contributed by atoms with van der Waals surface area (Å²) in [5.41, 5.74) is -2.73. The van der Waals surface area contributed by atoms with Gasteiger partial charge in [0.25, 0.3) is 0 Å². The van der Waals surface area contributed by atoms with Gasteiger partial charge in [0, 0.05) is 11.5 Å². The highest BCUT2D eigenvalue weighted by atomic mass is 16.4. The molecule has 0 aliphatic heterocycles. The number of carbonyl (C=O) groups excluding carboxylic acids is 2. The van der Waals surface area contributed by atoms with E-state index in [0.29, 0.717) is 0 Å². The quantitative estimate of drug-likeness (QED) is 0.543. The summed E-state index contributed by atoms with van der Waals surface area (Å²) in [5.74, 6) is -4.07. The Morgan fingerprint density at radius 3 is 2.37 bits per heavy atom. The Kier molecular flexibility index (Phi) is 3.91. The minimum absolute atomic E-state index is 0.244. The second-order valence-corrected chi connectivity index (χ2v) is 3.73. The lowest BCUT2D eigenvalue weighted by molar-refractivity contribution is -0.143. The van der Waals surface area contributed by atoms with Crippen LogP contribution >= 0.6 is 0 Å². The summed E-state index contributed by atoms with van der Waals surface area (Å²) in [6, 6.07) is 0. The van der Waals surface area contributed by atoms with Gasteiger partial charge in [0.2, 0.25) is 12.2 Å². The lowest BCUT2D eigenvalue weighted by Gasteiger charge is -2.30. The highest BCUT2D eigenvalue weighted by molar-refractivity contribution is 5.93. The van der Waals surface area contributed by atoms with Crippen molar-refractivity contribution < 1.29 is 29.4 Å². The molecule has 0 heterocycles. The lowest BCUT2D eigenvalue weighted by Crippen LogP contribution is -2.45. The first-order chi connectivity index (χ1) is 8.89. The van der Waals surface area contributed by atoms with Crippen LogP contribution in [0, 0.1) is 5.92 Å². The maximum Gasteiger partial charge on any atom is 0.337 e. The highest BCUT2D eigenvalue weighted by Gasteiger charge is 2.48. The molecular formula is C11H8N2O6. The summed E-state index contributed by atoms with van der Waals surface area (Å²) in [4.78, 5) is 49.4. The van der Waals surface area contributed by atoms with Crippen LogP contribution < -0.4 is 0 Å². The molecule has 1 aliphatic carbocycles. The molecule has 1 aliphatic rings. The van der Waals surface area contributed by atoms with Crippen LogP contribution in [0.3, 0.4) is 0 Å². The Morgan fingerprint density at radius 2 is 1.95 bits per heavy atom. The van der Waals surface area contributed by atoms with Crippen LogP contribution in [0.4, 0.5) is 0 Å². The third kappa shape index (κ3) is 2.40. The summed E-state index contributed by atoms with van der Waals surface area (Å²) in [6.07, 6.45) is 4.21. The van der Waals surface area contributed by atoms with Crippen molar-refractivity contribution in [2.45, 2.75) is 12.5 Å². The predicted octanol–water partition coefficient (Wildman–Crippen LogP) is 0.0260. The first kappa shape index (κ1) is 14.2. The van der Waals surface area contributed by atoms with Crippen molar-refractivity contribution in [3.05, 3.63) is 23.4 Å². The van der Waals surface area contributed by atoms with Crippen molar-refractivity contribution in [3.63, 3.8) is 0 Å². The molecule has 0 aromatic carbocycles. The van der Waals surface area contributed by atoms with E-state index in [1.807, 2.05) is 0 Å². The van der Waals surface area contributed by atoms with Crippen LogP contribution in [0.1, 0.15) is 6.92 Å². The fourth-order valence-electron chi connectivity index (χ4n) is 1.78. The van der Waals surface area contributed by atoms with Crippen molar-refractivity contribution in [1.29, 1.82) is 0 Å². The molecular weight excluding hydrogens is 256 g/mol. The fraction of sp³-hybridized carbons (Fsp3) is 0.273. The Labute approximate surface area is 106 Å². The zero-order valence-corrected chi connectivity index (χ0v) is 9.65. The average Bonchev–Trinajstić information content (AvgIpc) is 2.33. The minimum atomic E-state index is -2.15. The molecule has 8 nitrogen and oxygen atoms in total. The van der Waals surface area contributed by atoms with E-state index in [1.54, 1.807) is 0 Å². The third-order valence-corrected chi connectivity index (χ3v) is 2.79. The van der Waals surface area contributed by atoms with Crippen LogP contribution in [0.25, 0.3) is 0 Å². The van der Waals surface area contributed by atoms with E-state index in [2.05, 4.69) is 9.98 Å². The molecule has 0 fully saturated rings. The van der Waals surface area contributed by atoms with Crippen molar-refractivity contribution in [3.8, 4) is 0 Å². The number of hydrogen-bond donors (Lipinski definition) is 2. The molecule has 0 saturated heterocycles. The van der Waals surface area contributed by atoms with Crippen molar-refractivity contribution in [2.24, 2.45) is 15.9 Å². The van der Waals surface area contributed by atoms with Gasteiger partial charge in [-0.2, -0.15) is 9.98 Å². The third-order valence-electron chi connectivity index (χ3n) is 2.79. The topological polar surface area (TPSA) is 133 Å². The summed E-state index contributed by atoms with van der Waals surface area (Å²) < 4.78 is 0. The molecule has 0 aromatic heterocycles. The monoisotopic (exact) mass is 264 g/mol. The number of aliphatic carboxylic acids is 2. The number of carboxylic acid groups (broad SMARTS) is 2. The van der Waals surface area contributed by atoms with Gasteiger partial charge in [0.15, 0.2) is 5.54 Å². The van der Waals surface area contributed by atoms with Crippen molar-refractivity contribution in [1.82, 2.24) is 0 Å². The molecule has 98 valence electrons. The molecule has 2 atom stereocenters. The number of allylic oxidation sites excluding steroid dienone is 1. The minimum Gasteiger partial charge on any atom is -0.479 e. The SMILES string of the molecule is CC1C(C(=O)O)=CC(N=C=O)=CC1(N=C=O)C(=O)O.